The van der Waals surface area contributed by atoms with Crippen molar-refractivity contribution < 1.29 is 9.72 Å². The van der Waals surface area contributed by atoms with Crippen LogP contribution in [0.5, 0.6) is 0 Å². The Morgan fingerprint density at radius 1 is 1.42 bits per heavy atom. The van der Waals surface area contributed by atoms with Crippen molar-refractivity contribution in [3.8, 4) is 0 Å². The van der Waals surface area contributed by atoms with Crippen LogP contribution in [0.2, 0.25) is 5.02 Å². The maximum atomic E-state index is 11.3. The molecule has 0 unspecified atom stereocenters. The minimum absolute atomic E-state index is 0.0487. The van der Waals surface area contributed by atoms with Gasteiger partial charge in [-0.3, -0.25) is 14.9 Å². The Kier molecular flexibility index (Phi) is 5.57. The topological polar surface area (TPSA) is 84.3 Å². The van der Waals surface area contributed by atoms with E-state index in [4.69, 9.17) is 11.6 Å². The number of hydrogen-bond donors (Lipinski definition) is 2. The molecule has 1 rings (SSSR count). The number of nitrogens with one attached hydrogen (secondary N) is 2. The lowest BCUT2D eigenvalue weighted by Gasteiger charge is -2.10. The van der Waals surface area contributed by atoms with Crippen LogP contribution in [0.4, 0.5) is 11.4 Å². The number of nitrogens with zero attached hydrogens (tertiary/aromatic N) is 1. The first-order valence-corrected chi connectivity index (χ1v) is 6.25. The molecule has 0 heterocycles. The SMILES string of the molecule is CC(C)C(=O)NCCNc1ccc(Cl)cc1[N+](=O)[O-]. The van der Waals surface area contributed by atoms with Crippen molar-refractivity contribution in [2.75, 3.05) is 18.4 Å². The van der Waals surface area contributed by atoms with Gasteiger partial charge in [-0.15, -0.1) is 0 Å². The summed E-state index contributed by atoms with van der Waals surface area (Å²) in [5, 5.41) is 16.8. The van der Waals surface area contributed by atoms with Crippen LogP contribution in [0.3, 0.4) is 0 Å². The third-order valence-corrected chi connectivity index (χ3v) is 2.66. The van der Waals surface area contributed by atoms with E-state index in [0.29, 0.717) is 23.8 Å². The fourth-order valence-electron chi connectivity index (χ4n) is 1.39. The summed E-state index contributed by atoms with van der Waals surface area (Å²) in [6.07, 6.45) is 0. The molecule has 7 heteroatoms. The zero-order chi connectivity index (χ0) is 14.4. The standard InChI is InChI=1S/C12H16ClN3O3/c1-8(2)12(17)15-6-5-14-10-4-3-9(13)7-11(10)16(18)19/h3-4,7-8,14H,5-6H2,1-2H3,(H,15,17). The van der Waals surface area contributed by atoms with Crippen LogP contribution in [-0.4, -0.2) is 23.9 Å². The molecule has 1 aromatic rings. The lowest BCUT2D eigenvalue weighted by Crippen LogP contribution is -2.31. The van der Waals surface area contributed by atoms with Gasteiger partial charge >= 0.3 is 0 Å². The van der Waals surface area contributed by atoms with Crippen LogP contribution < -0.4 is 10.6 Å². The summed E-state index contributed by atoms with van der Waals surface area (Å²) >= 11 is 5.71. The van der Waals surface area contributed by atoms with E-state index in [2.05, 4.69) is 10.6 Å². The Morgan fingerprint density at radius 2 is 2.11 bits per heavy atom. The third-order valence-electron chi connectivity index (χ3n) is 2.42. The number of amides is 1. The van der Waals surface area contributed by atoms with Gasteiger partial charge in [-0.1, -0.05) is 25.4 Å². The Labute approximate surface area is 116 Å². The van der Waals surface area contributed by atoms with Gasteiger partial charge in [0.25, 0.3) is 5.69 Å². The largest absolute Gasteiger partial charge is 0.378 e. The predicted octanol–water partition coefficient (Wildman–Crippen LogP) is 2.43. The molecule has 0 aromatic heterocycles. The Morgan fingerprint density at radius 3 is 2.68 bits per heavy atom. The number of halogens is 1. The van der Waals surface area contributed by atoms with Crippen LogP contribution >= 0.6 is 11.6 Å². The van der Waals surface area contributed by atoms with E-state index in [1.54, 1.807) is 26.0 Å². The van der Waals surface area contributed by atoms with Crippen molar-refractivity contribution in [2.24, 2.45) is 5.92 Å². The summed E-state index contributed by atoms with van der Waals surface area (Å²) in [6, 6.07) is 4.41. The lowest BCUT2D eigenvalue weighted by atomic mass is 10.2. The number of nitro groups is 1. The van der Waals surface area contributed by atoms with Gasteiger partial charge in [-0.05, 0) is 12.1 Å². The van der Waals surface area contributed by atoms with E-state index in [-0.39, 0.29) is 17.5 Å². The minimum atomic E-state index is -0.499. The molecule has 0 aliphatic heterocycles. The van der Waals surface area contributed by atoms with Crippen molar-refractivity contribution in [1.29, 1.82) is 0 Å². The minimum Gasteiger partial charge on any atom is -0.378 e. The van der Waals surface area contributed by atoms with E-state index >= 15 is 0 Å². The molecule has 19 heavy (non-hydrogen) atoms. The number of anilines is 1. The highest BCUT2D eigenvalue weighted by Gasteiger charge is 2.13. The van der Waals surface area contributed by atoms with Gasteiger partial charge in [0.15, 0.2) is 0 Å². The van der Waals surface area contributed by atoms with E-state index in [9.17, 15) is 14.9 Å². The average molecular weight is 286 g/mol. The molecule has 104 valence electrons. The van der Waals surface area contributed by atoms with Gasteiger partial charge in [0.1, 0.15) is 5.69 Å². The molecule has 1 amide bonds. The number of benzene rings is 1. The van der Waals surface area contributed by atoms with Gasteiger partial charge in [-0.2, -0.15) is 0 Å². The van der Waals surface area contributed by atoms with Crippen LogP contribution in [0, 0.1) is 16.0 Å². The van der Waals surface area contributed by atoms with Gasteiger partial charge < -0.3 is 10.6 Å². The number of carbonyl (C=O) groups excluding carboxylic acids is 1. The molecule has 0 radical (unpaired) electrons. The molecule has 0 spiro atoms. The molecule has 0 atom stereocenters. The quantitative estimate of drug-likeness (QED) is 0.478. The lowest BCUT2D eigenvalue weighted by molar-refractivity contribution is -0.383. The monoisotopic (exact) mass is 285 g/mol. The third kappa shape index (κ3) is 4.75. The van der Waals surface area contributed by atoms with Gasteiger partial charge in [0.2, 0.25) is 5.91 Å². The van der Waals surface area contributed by atoms with E-state index in [1.165, 1.54) is 6.07 Å². The second-order valence-corrected chi connectivity index (χ2v) is 4.73. The molecular formula is C12H16ClN3O3. The average Bonchev–Trinajstić information content (AvgIpc) is 2.35. The summed E-state index contributed by atoms with van der Waals surface area (Å²) in [5.41, 5.74) is 0.302. The van der Waals surface area contributed by atoms with Crippen molar-refractivity contribution >= 4 is 28.9 Å². The molecule has 0 fully saturated rings. The molecule has 0 bridgehead atoms. The van der Waals surface area contributed by atoms with E-state index in [1.807, 2.05) is 0 Å². The summed E-state index contributed by atoms with van der Waals surface area (Å²) in [5.74, 6) is -0.128. The van der Waals surface area contributed by atoms with Crippen LogP contribution in [0.1, 0.15) is 13.8 Å². The van der Waals surface area contributed by atoms with Gasteiger partial charge in [0.05, 0.1) is 4.92 Å². The fraction of sp³-hybridized carbons (Fsp3) is 0.417. The van der Waals surface area contributed by atoms with Crippen molar-refractivity contribution in [3.63, 3.8) is 0 Å². The first-order chi connectivity index (χ1) is 8.91. The summed E-state index contributed by atoms with van der Waals surface area (Å²) in [4.78, 5) is 21.7. The number of rotatable bonds is 6. The molecule has 0 aliphatic rings. The normalized spacial score (nSPS) is 10.3. The fourth-order valence-corrected chi connectivity index (χ4v) is 1.56. The predicted molar refractivity (Wildman–Crippen MR) is 74.4 cm³/mol. The summed E-state index contributed by atoms with van der Waals surface area (Å²) in [6.45, 7) is 4.40. The molecule has 1 aromatic carbocycles. The van der Waals surface area contributed by atoms with Crippen molar-refractivity contribution in [1.82, 2.24) is 5.32 Å². The number of nitro benzene ring substituents is 1. The van der Waals surface area contributed by atoms with Crippen LogP contribution in [0.15, 0.2) is 18.2 Å². The maximum Gasteiger partial charge on any atom is 0.293 e. The smallest absolute Gasteiger partial charge is 0.293 e. The zero-order valence-electron chi connectivity index (χ0n) is 10.8. The van der Waals surface area contributed by atoms with Gasteiger partial charge in [-0.25, -0.2) is 0 Å². The highest BCUT2D eigenvalue weighted by Crippen LogP contribution is 2.27. The Balaban J connectivity index is 2.54. The number of carbonyl (C=O) groups is 1. The molecule has 0 saturated heterocycles. The maximum absolute atomic E-state index is 11.3. The summed E-state index contributed by atoms with van der Waals surface area (Å²) in [7, 11) is 0. The molecular weight excluding hydrogens is 270 g/mol. The molecule has 0 aliphatic carbocycles. The van der Waals surface area contributed by atoms with E-state index in [0.717, 1.165) is 0 Å². The van der Waals surface area contributed by atoms with Crippen molar-refractivity contribution in [2.45, 2.75) is 13.8 Å². The second-order valence-electron chi connectivity index (χ2n) is 4.29. The molecule has 6 nitrogen and oxygen atoms in total. The summed E-state index contributed by atoms with van der Waals surface area (Å²) < 4.78 is 0. The second kappa shape index (κ2) is 6.94. The zero-order valence-corrected chi connectivity index (χ0v) is 11.5. The highest BCUT2D eigenvalue weighted by molar-refractivity contribution is 6.30. The van der Waals surface area contributed by atoms with Gasteiger partial charge in [0, 0.05) is 30.1 Å². The van der Waals surface area contributed by atoms with E-state index < -0.39 is 4.92 Å². The first kappa shape index (κ1) is 15.2. The van der Waals surface area contributed by atoms with Crippen molar-refractivity contribution in [3.05, 3.63) is 33.3 Å². The van der Waals surface area contributed by atoms with Crippen LogP contribution in [0.25, 0.3) is 0 Å². The Hall–Kier alpha value is -1.82. The number of hydrogen-bond acceptors (Lipinski definition) is 4. The molecule has 0 saturated carbocycles. The highest BCUT2D eigenvalue weighted by atomic mass is 35.5. The first-order valence-electron chi connectivity index (χ1n) is 5.87. The molecule has 2 N–H and O–H groups in total. The Bertz CT molecular complexity index is 477. The van der Waals surface area contributed by atoms with Crippen LogP contribution in [-0.2, 0) is 4.79 Å².